The van der Waals surface area contributed by atoms with Crippen LogP contribution in [0.15, 0.2) is 100 Å². The van der Waals surface area contributed by atoms with Crippen molar-refractivity contribution in [1.29, 1.82) is 0 Å². The molecule has 6 heteroatoms. The maximum atomic E-state index is 13.3. The summed E-state index contributed by atoms with van der Waals surface area (Å²) < 4.78 is 5.69. The van der Waals surface area contributed by atoms with E-state index in [9.17, 15) is 9.59 Å². The van der Waals surface area contributed by atoms with Gasteiger partial charge in [-0.1, -0.05) is 72.4 Å². The molecule has 0 aliphatic carbocycles. The molecule has 2 amide bonds. The maximum Gasteiger partial charge on any atom is 0.278 e. The fourth-order valence-electron chi connectivity index (χ4n) is 3.44. The van der Waals surface area contributed by atoms with Crippen LogP contribution in [-0.4, -0.2) is 29.9 Å². The largest absolute Gasteiger partial charge is 0.492 e. The summed E-state index contributed by atoms with van der Waals surface area (Å²) in [5.41, 5.74) is 2.01. The highest BCUT2D eigenvalue weighted by molar-refractivity contribution is 8.04. The van der Waals surface area contributed by atoms with Crippen molar-refractivity contribution < 1.29 is 14.3 Å². The number of imide groups is 1. The molecule has 4 rings (SSSR count). The van der Waals surface area contributed by atoms with Crippen LogP contribution in [0.4, 0.5) is 5.69 Å². The Hall–Kier alpha value is -3.51. The molecule has 1 N–H and O–H groups in total. The first-order chi connectivity index (χ1) is 15.7. The van der Waals surface area contributed by atoms with E-state index >= 15 is 0 Å². The Bertz CT molecular complexity index is 1130. The van der Waals surface area contributed by atoms with Gasteiger partial charge in [-0.25, -0.2) is 0 Å². The third-order valence-electron chi connectivity index (χ3n) is 5.00. The van der Waals surface area contributed by atoms with Gasteiger partial charge < -0.3 is 10.1 Å². The van der Waals surface area contributed by atoms with Gasteiger partial charge >= 0.3 is 0 Å². The lowest BCUT2D eigenvalue weighted by Crippen LogP contribution is -2.34. The lowest BCUT2D eigenvalue weighted by molar-refractivity contribution is -0.137. The third-order valence-corrected chi connectivity index (χ3v) is 6.09. The number of hydrogen-bond acceptors (Lipinski definition) is 5. The van der Waals surface area contributed by atoms with E-state index < -0.39 is 0 Å². The van der Waals surface area contributed by atoms with E-state index in [0.29, 0.717) is 35.9 Å². The number of thioether (sulfide) groups is 1. The number of nitrogens with zero attached hydrogens (tertiary/aromatic N) is 1. The normalized spacial score (nSPS) is 13.6. The SMILES string of the molecule is CCOc1ccccc1NC1=C(Sc2ccccc2)C(=O)N(CCc2ccccc2)C1=O. The average molecular weight is 445 g/mol. The summed E-state index contributed by atoms with van der Waals surface area (Å²) in [4.78, 5) is 29.3. The number of ether oxygens (including phenoxy) is 1. The molecule has 0 saturated carbocycles. The van der Waals surface area contributed by atoms with Gasteiger partial charge in [-0.3, -0.25) is 14.5 Å². The smallest absolute Gasteiger partial charge is 0.278 e. The summed E-state index contributed by atoms with van der Waals surface area (Å²) in [5, 5.41) is 3.19. The molecule has 3 aromatic rings. The zero-order valence-electron chi connectivity index (χ0n) is 17.8. The number of amides is 2. The number of para-hydroxylation sites is 2. The third kappa shape index (κ3) is 4.86. The molecule has 0 unspecified atom stereocenters. The molecule has 162 valence electrons. The summed E-state index contributed by atoms with van der Waals surface area (Å²) in [6, 6.07) is 26.9. The number of anilines is 1. The Kier molecular flexibility index (Phi) is 6.92. The highest BCUT2D eigenvalue weighted by atomic mass is 32.2. The minimum absolute atomic E-state index is 0.281. The number of nitrogens with one attached hydrogen (secondary N) is 1. The van der Waals surface area contributed by atoms with Gasteiger partial charge in [-0.2, -0.15) is 0 Å². The second kappa shape index (κ2) is 10.2. The minimum atomic E-state index is -0.323. The number of carbonyl (C=O) groups excluding carboxylic acids is 2. The maximum absolute atomic E-state index is 13.3. The lowest BCUT2D eigenvalue weighted by atomic mass is 10.1. The van der Waals surface area contributed by atoms with Crippen LogP contribution in [0.2, 0.25) is 0 Å². The second-order valence-electron chi connectivity index (χ2n) is 7.17. The van der Waals surface area contributed by atoms with Crippen LogP contribution >= 0.6 is 11.8 Å². The van der Waals surface area contributed by atoms with Crippen LogP contribution in [0.25, 0.3) is 0 Å². The molecule has 3 aromatic carbocycles. The summed E-state index contributed by atoms with van der Waals surface area (Å²) in [6.07, 6.45) is 0.602. The Morgan fingerprint density at radius 2 is 1.50 bits per heavy atom. The van der Waals surface area contributed by atoms with E-state index in [0.717, 1.165) is 10.5 Å². The molecule has 0 fully saturated rings. The second-order valence-corrected chi connectivity index (χ2v) is 8.25. The standard InChI is InChI=1S/C26H24N2O3S/c1-2-31-22-16-10-9-15-21(22)27-23-24(32-20-13-7-4-8-14-20)26(30)28(25(23)29)18-17-19-11-5-3-6-12-19/h3-16,27H,2,17-18H2,1H3. The van der Waals surface area contributed by atoms with E-state index in [2.05, 4.69) is 5.32 Å². The minimum Gasteiger partial charge on any atom is -0.492 e. The Morgan fingerprint density at radius 3 is 2.22 bits per heavy atom. The molecule has 1 aliphatic heterocycles. The molecule has 5 nitrogen and oxygen atoms in total. The van der Waals surface area contributed by atoms with Gasteiger partial charge in [-0.05, 0) is 43.2 Å². The van der Waals surface area contributed by atoms with Crippen molar-refractivity contribution in [2.75, 3.05) is 18.5 Å². The van der Waals surface area contributed by atoms with Crippen LogP contribution in [-0.2, 0) is 16.0 Å². The number of rotatable bonds is 9. The van der Waals surface area contributed by atoms with Gasteiger partial charge in [-0.15, -0.1) is 0 Å². The van der Waals surface area contributed by atoms with Gasteiger partial charge in [0.15, 0.2) is 0 Å². The fourth-order valence-corrected chi connectivity index (χ4v) is 4.41. The molecule has 0 radical (unpaired) electrons. The summed E-state index contributed by atoms with van der Waals surface area (Å²) in [5.74, 6) is 0.0291. The summed E-state index contributed by atoms with van der Waals surface area (Å²) in [7, 11) is 0. The molecule has 0 spiro atoms. The molecule has 0 bridgehead atoms. The average Bonchev–Trinajstić information content (AvgIpc) is 3.04. The van der Waals surface area contributed by atoms with E-state index in [1.165, 1.54) is 16.7 Å². The Balaban J connectivity index is 1.63. The van der Waals surface area contributed by atoms with E-state index in [1.54, 1.807) is 0 Å². The Labute approximate surface area is 192 Å². The van der Waals surface area contributed by atoms with Crippen molar-refractivity contribution in [1.82, 2.24) is 4.90 Å². The van der Waals surface area contributed by atoms with Gasteiger partial charge in [0, 0.05) is 11.4 Å². The fraction of sp³-hybridized carbons (Fsp3) is 0.154. The van der Waals surface area contributed by atoms with E-state index in [-0.39, 0.29) is 17.5 Å². The lowest BCUT2D eigenvalue weighted by Gasteiger charge is -2.16. The van der Waals surface area contributed by atoms with Crippen LogP contribution in [0.5, 0.6) is 5.75 Å². The van der Waals surface area contributed by atoms with Gasteiger partial charge in [0.05, 0.1) is 12.3 Å². The zero-order valence-corrected chi connectivity index (χ0v) is 18.6. The first-order valence-corrected chi connectivity index (χ1v) is 11.3. The van der Waals surface area contributed by atoms with Crippen molar-refractivity contribution in [3.63, 3.8) is 0 Å². The number of benzene rings is 3. The molecular weight excluding hydrogens is 420 g/mol. The number of hydrogen-bond donors (Lipinski definition) is 1. The summed E-state index contributed by atoms with van der Waals surface area (Å²) in [6.45, 7) is 2.72. The summed E-state index contributed by atoms with van der Waals surface area (Å²) >= 11 is 1.30. The van der Waals surface area contributed by atoms with Gasteiger partial charge in [0.25, 0.3) is 11.8 Å². The van der Waals surface area contributed by atoms with E-state index in [4.69, 9.17) is 4.74 Å². The highest BCUT2D eigenvalue weighted by Gasteiger charge is 2.39. The van der Waals surface area contributed by atoms with Crippen molar-refractivity contribution in [3.8, 4) is 5.75 Å². The van der Waals surface area contributed by atoms with Crippen LogP contribution in [0, 0.1) is 0 Å². The first kappa shape index (κ1) is 21.7. The first-order valence-electron chi connectivity index (χ1n) is 10.5. The van der Waals surface area contributed by atoms with Crippen LogP contribution in [0.3, 0.4) is 0 Å². The molecule has 32 heavy (non-hydrogen) atoms. The van der Waals surface area contributed by atoms with Crippen molar-refractivity contribution in [2.24, 2.45) is 0 Å². The molecule has 0 atom stereocenters. The predicted octanol–water partition coefficient (Wildman–Crippen LogP) is 5.11. The molecule has 1 heterocycles. The predicted molar refractivity (Wildman–Crippen MR) is 127 cm³/mol. The molecular formula is C26H24N2O3S. The Morgan fingerprint density at radius 1 is 0.844 bits per heavy atom. The van der Waals surface area contributed by atoms with Crippen LogP contribution < -0.4 is 10.1 Å². The van der Waals surface area contributed by atoms with Crippen molar-refractivity contribution in [2.45, 2.75) is 18.2 Å². The topological polar surface area (TPSA) is 58.6 Å². The number of carbonyl (C=O) groups is 2. The van der Waals surface area contributed by atoms with Crippen molar-refractivity contribution >= 4 is 29.3 Å². The van der Waals surface area contributed by atoms with Gasteiger partial charge in [0.1, 0.15) is 16.4 Å². The highest BCUT2D eigenvalue weighted by Crippen LogP contribution is 2.37. The molecule has 0 aromatic heterocycles. The van der Waals surface area contributed by atoms with Crippen molar-refractivity contribution in [3.05, 3.63) is 101 Å². The molecule has 1 aliphatic rings. The zero-order chi connectivity index (χ0) is 22.3. The monoisotopic (exact) mass is 444 g/mol. The quantitative estimate of drug-likeness (QED) is 0.465. The van der Waals surface area contributed by atoms with E-state index in [1.807, 2.05) is 91.9 Å². The van der Waals surface area contributed by atoms with Crippen LogP contribution in [0.1, 0.15) is 12.5 Å². The molecule has 0 saturated heterocycles. The van der Waals surface area contributed by atoms with Gasteiger partial charge in [0.2, 0.25) is 0 Å².